The van der Waals surface area contributed by atoms with E-state index in [1.54, 1.807) is 31.2 Å². The lowest BCUT2D eigenvalue weighted by Crippen LogP contribution is -2.12. The summed E-state index contributed by atoms with van der Waals surface area (Å²) >= 11 is 5.47. The number of alkyl halides is 4. The Bertz CT molecular complexity index is 1000. The normalized spacial score (nSPS) is 11.3. The molecule has 0 unspecified atom stereocenters. The highest BCUT2D eigenvalue weighted by Crippen LogP contribution is 2.32. The van der Waals surface area contributed by atoms with Crippen LogP contribution in [0.4, 0.5) is 18.9 Å². The van der Waals surface area contributed by atoms with E-state index in [-0.39, 0.29) is 29.2 Å². The molecule has 0 aliphatic rings. The first kappa shape index (κ1) is 20.7. The van der Waals surface area contributed by atoms with Crippen LogP contribution in [0.1, 0.15) is 12.5 Å². The van der Waals surface area contributed by atoms with Gasteiger partial charge < -0.3 is 10.1 Å². The Morgan fingerprint density at radius 3 is 2.55 bits per heavy atom. The van der Waals surface area contributed by atoms with Crippen LogP contribution < -0.4 is 10.1 Å². The molecule has 0 saturated carbocycles. The molecule has 152 valence electrons. The quantitative estimate of drug-likeness (QED) is 0.590. The van der Waals surface area contributed by atoms with Crippen LogP contribution in [0.2, 0.25) is 0 Å². The summed E-state index contributed by atoms with van der Waals surface area (Å²) in [7, 11) is 0. The van der Waals surface area contributed by atoms with Gasteiger partial charge in [-0.05, 0) is 43.3 Å². The summed E-state index contributed by atoms with van der Waals surface area (Å²) in [6.45, 7) is 2.05. The van der Waals surface area contributed by atoms with Crippen LogP contribution in [0.5, 0.6) is 6.01 Å². The average Bonchev–Trinajstić information content (AvgIpc) is 3.12. The van der Waals surface area contributed by atoms with Crippen LogP contribution in [0.3, 0.4) is 0 Å². The van der Waals surface area contributed by atoms with Crippen molar-refractivity contribution in [3.63, 3.8) is 0 Å². The van der Waals surface area contributed by atoms with E-state index in [1.165, 1.54) is 16.8 Å². The molecule has 1 aromatic heterocycles. The first-order chi connectivity index (χ1) is 13.8. The molecule has 2 aromatic carbocycles. The van der Waals surface area contributed by atoms with Gasteiger partial charge in [-0.1, -0.05) is 12.1 Å². The predicted octanol–water partition coefficient (Wildman–Crippen LogP) is 4.53. The van der Waals surface area contributed by atoms with Gasteiger partial charge in [-0.3, -0.25) is 4.79 Å². The number of benzene rings is 2. The molecule has 0 bridgehead atoms. The van der Waals surface area contributed by atoms with E-state index in [2.05, 4.69) is 15.4 Å². The fourth-order valence-corrected chi connectivity index (χ4v) is 2.63. The summed E-state index contributed by atoms with van der Waals surface area (Å²) in [6.07, 6.45) is -4.48. The fourth-order valence-electron chi connectivity index (χ4n) is 2.57. The lowest BCUT2D eigenvalue weighted by Gasteiger charge is -2.10. The first-order valence-electron chi connectivity index (χ1n) is 8.55. The SMILES string of the molecule is CCOc1nc(-c2cccc(C(F)(F)F)c2)n(-c2ccc(NC(=O)CCl)cc2)n1. The molecule has 0 fully saturated rings. The van der Waals surface area contributed by atoms with E-state index in [4.69, 9.17) is 16.3 Å². The summed E-state index contributed by atoms with van der Waals surface area (Å²) in [5, 5.41) is 6.84. The molecule has 6 nitrogen and oxygen atoms in total. The third-order valence-corrected chi connectivity index (χ3v) is 4.07. The molecule has 3 rings (SSSR count). The van der Waals surface area contributed by atoms with Gasteiger partial charge in [0.05, 0.1) is 17.9 Å². The van der Waals surface area contributed by atoms with Crippen molar-refractivity contribution in [3.8, 4) is 23.1 Å². The third-order valence-electron chi connectivity index (χ3n) is 3.83. The zero-order valence-electron chi connectivity index (χ0n) is 15.2. The number of carbonyl (C=O) groups excluding carboxylic acids is 1. The minimum absolute atomic E-state index is 0.0411. The van der Waals surface area contributed by atoms with Crippen molar-refractivity contribution in [1.29, 1.82) is 0 Å². The topological polar surface area (TPSA) is 69.0 Å². The van der Waals surface area contributed by atoms with E-state index in [1.807, 2.05) is 0 Å². The molecule has 0 radical (unpaired) electrons. The number of nitrogens with one attached hydrogen (secondary N) is 1. The van der Waals surface area contributed by atoms with E-state index in [0.717, 1.165) is 12.1 Å². The van der Waals surface area contributed by atoms with Gasteiger partial charge in [-0.2, -0.15) is 18.2 Å². The van der Waals surface area contributed by atoms with Gasteiger partial charge in [0.25, 0.3) is 0 Å². The van der Waals surface area contributed by atoms with Crippen LogP contribution in [0.15, 0.2) is 48.5 Å². The average molecular weight is 425 g/mol. The van der Waals surface area contributed by atoms with Crippen LogP contribution in [-0.4, -0.2) is 33.2 Å². The predicted molar refractivity (Wildman–Crippen MR) is 102 cm³/mol. The van der Waals surface area contributed by atoms with Gasteiger partial charge in [0.1, 0.15) is 5.88 Å². The molecule has 0 saturated heterocycles. The number of amides is 1. The fraction of sp³-hybridized carbons (Fsp3) is 0.211. The monoisotopic (exact) mass is 424 g/mol. The highest BCUT2D eigenvalue weighted by Gasteiger charge is 2.31. The second-order valence-electron chi connectivity index (χ2n) is 5.87. The van der Waals surface area contributed by atoms with Crippen LogP contribution in [0.25, 0.3) is 17.1 Å². The Kier molecular flexibility index (Phi) is 6.07. The zero-order chi connectivity index (χ0) is 21.0. The number of halogens is 4. The smallest absolute Gasteiger partial charge is 0.416 e. The third kappa shape index (κ3) is 4.86. The molecule has 1 N–H and O–H groups in total. The van der Waals surface area contributed by atoms with E-state index < -0.39 is 11.7 Å². The maximum atomic E-state index is 13.1. The Balaban J connectivity index is 2.03. The second kappa shape index (κ2) is 8.52. The first-order valence-corrected chi connectivity index (χ1v) is 9.09. The Morgan fingerprint density at radius 1 is 1.21 bits per heavy atom. The van der Waals surface area contributed by atoms with Crippen LogP contribution >= 0.6 is 11.6 Å². The number of anilines is 1. The lowest BCUT2D eigenvalue weighted by molar-refractivity contribution is -0.137. The molecular weight excluding hydrogens is 409 g/mol. The van der Waals surface area contributed by atoms with Gasteiger partial charge in [-0.15, -0.1) is 16.7 Å². The van der Waals surface area contributed by atoms with Crippen molar-refractivity contribution in [3.05, 3.63) is 54.1 Å². The van der Waals surface area contributed by atoms with Crippen molar-refractivity contribution in [2.45, 2.75) is 13.1 Å². The molecule has 1 heterocycles. The van der Waals surface area contributed by atoms with Gasteiger partial charge in [0, 0.05) is 11.3 Å². The van der Waals surface area contributed by atoms with Crippen LogP contribution in [-0.2, 0) is 11.0 Å². The molecule has 0 aliphatic heterocycles. The highest BCUT2D eigenvalue weighted by atomic mass is 35.5. The number of aromatic nitrogens is 3. The molecule has 29 heavy (non-hydrogen) atoms. The minimum Gasteiger partial charge on any atom is -0.463 e. The van der Waals surface area contributed by atoms with Gasteiger partial charge in [0.2, 0.25) is 5.91 Å². The maximum Gasteiger partial charge on any atom is 0.416 e. The van der Waals surface area contributed by atoms with Crippen molar-refractivity contribution in [2.75, 3.05) is 17.8 Å². The number of carbonyl (C=O) groups is 1. The summed E-state index contributed by atoms with van der Waals surface area (Å²) in [5.74, 6) is -0.344. The van der Waals surface area contributed by atoms with E-state index in [0.29, 0.717) is 18.0 Å². The zero-order valence-corrected chi connectivity index (χ0v) is 16.0. The number of rotatable bonds is 6. The van der Waals surface area contributed by atoms with E-state index in [9.17, 15) is 18.0 Å². The maximum absolute atomic E-state index is 13.1. The highest BCUT2D eigenvalue weighted by molar-refractivity contribution is 6.29. The Labute approximate surface area is 169 Å². The molecule has 1 amide bonds. The van der Waals surface area contributed by atoms with Gasteiger partial charge >= 0.3 is 12.2 Å². The van der Waals surface area contributed by atoms with Gasteiger partial charge in [0.15, 0.2) is 5.82 Å². The van der Waals surface area contributed by atoms with Crippen molar-refractivity contribution in [1.82, 2.24) is 14.8 Å². The Hall–Kier alpha value is -3.07. The number of nitrogens with zero attached hydrogens (tertiary/aromatic N) is 3. The van der Waals surface area contributed by atoms with Crippen molar-refractivity contribution < 1.29 is 22.7 Å². The molecule has 10 heteroatoms. The minimum atomic E-state index is -4.48. The molecular formula is C19H16ClF3N4O2. The molecule has 3 aromatic rings. The molecule has 0 spiro atoms. The van der Waals surface area contributed by atoms with Crippen molar-refractivity contribution in [2.24, 2.45) is 0 Å². The Morgan fingerprint density at radius 2 is 1.93 bits per heavy atom. The summed E-state index contributed by atoms with van der Waals surface area (Å²) in [5.41, 5.74) is 0.490. The number of ether oxygens (including phenoxy) is 1. The lowest BCUT2D eigenvalue weighted by atomic mass is 10.1. The largest absolute Gasteiger partial charge is 0.463 e. The van der Waals surface area contributed by atoms with Crippen molar-refractivity contribution >= 4 is 23.2 Å². The summed E-state index contributed by atoms with van der Waals surface area (Å²) in [6, 6.07) is 11.4. The molecule has 0 aliphatic carbocycles. The number of hydrogen-bond acceptors (Lipinski definition) is 4. The molecule has 0 atom stereocenters. The van der Waals surface area contributed by atoms with Gasteiger partial charge in [-0.25, -0.2) is 4.68 Å². The van der Waals surface area contributed by atoms with Crippen LogP contribution in [0, 0.1) is 0 Å². The number of hydrogen-bond donors (Lipinski definition) is 1. The summed E-state index contributed by atoms with van der Waals surface area (Å²) in [4.78, 5) is 15.6. The summed E-state index contributed by atoms with van der Waals surface area (Å²) < 4.78 is 46.0. The van der Waals surface area contributed by atoms with E-state index >= 15 is 0 Å². The standard InChI is InChI=1S/C19H16ClF3N4O2/c1-2-29-18-25-17(12-4-3-5-13(10-12)19(21,22)23)27(26-18)15-8-6-14(7-9-15)24-16(28)11-20/h3-10H,2,11H2,1H3,(H,24,28). The second-order valence-corrected chi connectivity index (χ2v) is 6.14.